The molecule has 16 nitrogen and oxygen atoms in total. The molecule has 0 heterocycles. The molecule has 22 heteroatoms. The van der Waals surface area contributed by atoms with Crippen LogP contribution in [0.5, 0.6) is 11.5 Å². The molecule has 78 heavy (non-hydrogen) atoms. The molecule has 0 bridgehead atoms. The lowest BCUT2D eigenvalue weighted by Crippen LogP contribution is -2.38. The van der Waals surface area contributed by atoms with Gasteiger partial charge < -0.3 is 40.5 Å². The molecule has 1 unspecified atom stereocenters. The number of sulfonamides is 1. The van der Waals surface area contributed by atoms with Crippen LogP contribution in [0.1, 0.15) is 124 Å². The van der Waals surface area contributed by atoms with Crippen LogP contribution in [0, 0.1) is 0 Å². The highest BCUT2D eigenvalue weighted by atomic mass is 35.5. The first-order valence-corrected chi connectivity index (χ1v) is 31.2. The van der Waals surface area contributed by atoms with Crippen LogP contribution in [0.3, 0.4) is 0 Å². The number of urea groups is 2. The van der Waals surface area contributed by atoms with Crippen LogP contribution >= 0.6 is 46.4 Å². The van der Waals surface area contributed by atoms with Crippen molar-refractivity contribution < 1.29 is 36.2 Å². The second kappa shape index (κ2) is 31.8. The molecule has 4 aromatic carbocycles. The first-order valence-electron chi connectivity index (χ1n) is 27.1. The van der Waals surface area contributed by atoms with Crippen molar-refractivity contribution in [3.8, 4) is 11.5 Å². The van der Waals surface area contributed by atoms with Gasteiger partial charge in [-0.25, -0.2) is 26.9 Å². The Kier molecular flexibility index (Phi) is 25.7. The summed E-state index contributed by atoms with van der Waals surface area (Å²) in [6, 6.07) is 20.7. The summed E-state index contributed by atoms with van der Waals surface area (Å²) >= 11 is 23.5. The van der Waals surface area contributed by atoms with Gasteiger partial charge in [-0.3, -0.25) is 8.86 Å². The summed E-state index contributed by atoms with van der Waals surface area (Å²) in [5.74, 6) is 1.20. The molecule has 6 rings (SSSR count). The highest BCUT2D eigenvalue weighted by Crippen LogP contribution is 2.44. The minimum Gasteiger partial charge on any atom is -0.484 e. The number of ether oxygens (including phenoxy) is 2. The van der Waals surface area contributed by atoms with E-state index in [0.29, 0.717) is 76.5 Å². The van der Waals surface area contributed by atoms with Gasteiger partial charge >= 0.3 is 12.1 Å². The Balaban J connectivity index is 0.708. The Hall–Kier alpha value is -4.08. The third-order valence-electron chi connectivity index (χ3n) is 14.3. The van der Waals surface area contributed by atoms with E-state index in [1.165, 1.54) is 4.31 Å². The van der Waals surface area contributed by atoms with E-state index in [2.05, 4.69) is 35.8 Å². The first-order chi connectivity index (χ1) is 37.4. The van der Waals surface area contributed by atoms with Crippen LogP contribution in [0.4, 0.5) is 15.3 Å². The minimum absolute atomic E-state index is 0.0452. The molecule has 5 atom stereocenters. The molecule has 4 aromatic rings. The van der Waals surface area contributed by atoms with Crippen LogP contribution in [0.15, 0.2) is 77.7 Å². The summed E-state index contributed by atoms with van der Waals surface area (Å²) in [6.07, 6.45) is 13.3. The average molecular weight is 1200 g/mol. The van der Waals surface area contributed by atoms with E-state index in [0.717, 1.165) is 125 Å². The van der Waals surface area contributed by atoms with Crippen LogP contribution in [0.2, 0.25) is 20.1 Å². The highest BCUT2D eigenvalue weighted by molar-refractivity contribution is 7.89. The normalized spacial score (nSPS) is 17.2. The molecule has 0 radical (unpaired) electrons. The van der Waals surface area contributed by atoms with E-state index in [1.54, 1.807) is 48.5 Å². The lowest BCUT2D eigenvalue weighted by molar-refractivity contribution is 0.111. The number of anilines is 1. The predicted molar refractivity (Wildman–Crippen MR) is 316 cm³/mol. The van der Waals surface area contributed by atoms with Crippen LogP contribution in [-0.2, 0) is 34.1 Å². The van der Waals surface area contributed by atoms with Gasteiger partial charge in [0.15, 0.2) is 0 Å². The lowest BCUT2D eigenvalue weighted by Gasteiger charge is -2.27. The van der Waals surface area contributed by atoms with Crippen LogP contribution in [-0.4, -0.2) is 119 Å². The number of hydrogen-bond donors (Lipinski definition) is 6. The van der Waals surface area contributed by atoms with Gasteiger partial charge in [0.2, 0.25) is 10.0 Å². The molecule has 6 N–H and O–H groups in total. The van der Waals surface area contributed by atoms with Gasteiger partial charge in [0.1, 0.15) is 23.7 Å². The number of carbonyl (C=O) groups excluding carboxylic acids is 2. The van der Waals surface area contributed by atoms with Crippen molar-refractivity contribution in [1.29, 1.82) is 0 Å². The van der Waals surface area contributed by atoms with Crippen molar-refractivity contribution in [3.05, 3.63) is 115 Å². The summed E-state index contributed by atoms with van der Waals surface area (Å²) in [5, 5.41) is 13.9. The van der Waals surface area contributed by atoms with Gasteiger partial charge in [0, 0.05) is 70.5 Å². The van der Waals surface area contributed by atoms with Crippen molar-refractivity contribution in [2.75, 3.05) is 71.8 Å². The molecule has 0 saturated carbocycles. The number of nitrogens with one attached hydrogen (secondary N) is 5. The Labute approximate surface area is 484 Å². The number of unbranched alkanes of at least 4 members (excludes halogenated alkanes) is 11. The maximum Gasteiger partial charge on any atom is 0.314 e. The second-order valence-electron chi connectivity index (χ2n) is 20.5. The summed E-state index contributed by atoms with van der Waals surface area (Å²) in [7, 11) is 4.34. The fourth-order valence-corrected chi connectivity index (χ4v) is 12.8. The van der Waals surface area contributed by atoms with E-state index < -0.39 is 21.3 Å². The van der Waals surface area contributed by atoms with Gasteiger partial charge in [0.05, 0.1) is 22.7 Å². The fourth-order valence-electron chi connectivity index (χ4n) is 9.92. The Morgan fingerprint density at radius 3 is 1.35 bits per heavy atom. The maximum absolute atomic E-state index is 13.0. The Bertz CT molecular complexity index is 2690. The predicted octanol–water partition coefficient (Wildman–Crippen LogP) is 11.5. The zero-order valence-electron chi connectivity index (χ0n) is 45.3. The molecular formula is C56H78Cl4N8O8S2. The number of fused-ring (bicyclic) bond motifs is 2. The molecule has 0 spiro atoms. The van der Waals surface area contributed by atoms with Crippen molar-refractivity contribution in [2.24, 2.45) is 0 Å². The van der Waals surface area contributed by atoms with E-state index in [1.807, 2.05) is 52.5 Å². The summed E-state index contributed by atoms with van der Waals surface area (Å²) in [4.78, 5) is 28.8. The second-order valence-corrected chi connectivity index (χ2v) is 24.8. The van der Waals surface area contributed by atoms with Crippen LogP contribution in [0.25, 0.3) is 0 Å². The van der Waals surface area contributed by atoms with Crippen LogP contribution < -0.4 is 39.8 Å². The van der Waals surface area contributed by atoms with E-state index in [9.17, 15) is 26.8 Å². The highest BCUT2D eigenvalue weighted by Gasteiger charge is 2.39. The monoisotopic (exact) mass is 1190 g/mol. The number of carbonyl (C=O) groups is 2. The van der Waals surface area contributed by atoms with E-state index >= 15 is 0 Å². The zero-order chi connectivity index (χ0) is 56.2. The summed E-state index contributed by atoms with van der Waals surface area (Å²) in [5.41, 5.74) is 4.60. The third-order valence-corrected chi connectivity index (χ3v) is 17.6. The number of rotatable bonds is 33. The molecule has 4 amide bonds. The standard InChI is InChI=1S/C56H78Cl4N8O8S2/c1-66(2)51-37-45-47(33-39(57)35-49(45)59)53(51)75-42-21-19-41(20-22-42)68(77(71)72)32-18-12-8-7-10-14-28-62-56(70)64-30-17-16-29-63-55(69)61-27-13-9-5-6-11-15-31-65-78(73,74)44-25-23-43(24-26-44)76-54-48-34-40(58)36-50(60)46(48)38-52(54)67(3)4/h19-26,33-36,51-54,65H,5-18,27-32,37-38H2,1-4H3,(H,71,72)(H2,61,63,69)(H2,62,64,70)/t51-,52-,53-,54-/m0/s1. The van der Waals surface area contributed by atoms with E-state index in [4.69, 9.17) is 55.9 Å². The number of hydrogen-bond acceptors (Lipinski definition) is 9. The van der Waals surface area contributed by atoms with Crippen molar-refractivity contribution in [3.63, 3.8) is 0 Å². The quantitative estimate of drug-likeness (QED) is 0.0197. The molecule has 430 valence electrons. The molecular weight excluding hydrogens is 1120 g/mol. The Morgan fingerprint density at radius 2 is 0.936 bits per heavy atom. The van der Waals surface area contributed by atoms with Gasteiger partial charge in [-0.15, -0.1) is 0 Å². The third kappa shape index (κ3) is 19.3. The van der Waals surface area contributed by atoms with Crippen molar-refractivity contribution in [1.82, 2.24) is 35.8 Å². The average Bonchev–Trinajstić information content (AvgIpc) is 4.11. The molecule has 0 aliphatic heterocycles. The number of benzene rings is 4. The molecule has 0 aromatic heterocycles. The van der Waals surface area contributed by atoms with Crippen molar-refractivity contribution in [2.45, 2.75) is 132 Å². The van der Waals surface area contributed by atoms with Gasteiger partial charge in [-0.2, -0.15) is 0 Å². The number of halogens is 4. The Morgan fingerprint density at radius 1 is 0.564 bits per heavy atom. The van der Waals surface area contributed by atoms with Gasteiger partial charge in [-0.1, -0.05) is 97.8 Å². The molecule has 0 fully saturated rings. The fraction of sp³-hybridized carbons (Fsp3) is 0.536. The summed E-state index contributed by atoms with van der Waals surface area (Å²) in [6.45, 7) is 2.97. The first kappa shape index (κ1) is 63.1. The number of likely N-dealkylation sites (N-methyl/N-ethyl adjacent to an activating group) is 2. The number of amides is 4. The largest absolute Gasteiger partial charge is 0.484 e. The number of nitrogens with zero attached hydrogens (tertiary/aromatic N) is 3. The lowest BCUT2D eigenvalue weighted by atomic mass is 10.1. The van der Waals surface area contributed by atoms with Gasteiger partial charge in [-0.05, 0) is 163 Å². The molecule has 0 saturated heterocycles. The van der Waals surface area contributed by atoms with E-state index in [-0.39, 0.29) is 41.2 Å². The zero-order valence-corrected chi connectivity index (χ0v) is 49.9. The molecule has 2 aliphatic rings. The van der Waals surface area contributed by atoms with Crippen molar-refractivity contribution >= 4 is 85.4 Å². The SMILES string of the molecule is CN(C)[C@H]1Cc2c(Cl)cc(Cl)cc2[C@@H]1Oc1ccc(N(CCCCCCCCNC(=O)NCCCCNC(=O)NCCCCCCCCNS(=O)(=O)c2ccc(O[C@H]3c4cc(Cl)cc(Cl)c4C[C@@H]3N(C)C)cc2)S(=O)O)cc1. The van der Waals surface area contributed by atoms with Gasteiger partial charge in [0.25, 0.3) is 11.3 Å². The topological polar surface area (TPSA) is 194 Å². The molecule has 2 aliphatic carbocycles. The summed E-state index contributed by atoms with van der Waals surface area (Å²) < 4.78 is 65.4. The smallest absolute Gasteiger partial charge is 0.314 e. The minimum atomic E-state index is -3.67. The maximum atomic E-state index is 13.0.